The van der Waals surface area contributed by atoms with E-state index in [1.807, 2.05) is 0 Å². The number of likely N-dealkylation sites (tertiary alicyclic amines) is 1. The van der Waals surface area contributed by atoms with Gasteiger partial charge in [-0.15, -0.1) is 6.42 Å². The van der Waals surface area contributed by atoms with Crippen LogP contribution in [-0.4, -0.2) is 42.3 Å². The van der Waals surface area contributed by atoms with E-state index in [1.54, 1.807) is 4.90 Å². The zero-order valence-electron chi connectivity index (χ0n) is 12.2. The number of urea groups is 1. The molecular weight excluding hydrogens is 287 g/mol. The van der Waals surface area contributed by atoms with Crippen molar-refractivity contribution in [1.29, 1.82) is 0 Å². The Balaban J connectivity index is 2.06. The fourth-order valence-electron chi connectivity index (χ4n) is 2.43. The van der Waals surface area contributed by atoms with Gasteiger partial charge in [-0.05, 0) is 30.9 Å². The number of amides is 2. The highest BCUT2D eigenvalue weighted by Gasteiger charge is 2.23. The lowest BCUT2D eigenvalue weighted by atomic mass is 9.99. The van der Waals surface area contributed by atoms with Crippen molar-refractivity contribution in [3.05, 3.63) is 24.0 Å². The molecule has 5 nitrogen and oxygen atoms in total. The molecule has 0 saturated carbocycles. The Labute approximate surface area is 129 Å². The van der Waals surface area contributed by atoms with Gasteiger partial charge in [-0.2, -0.15) is 0 Å². The summed E-state index contributed by atoms with van der Waals surface area (Å²) in [7, 11) is 0. The maximum absolute atomic E-state index is 13.3. The number of halogens is 1. The summed E-state index contributed by atoms with van der Waals surface area (Å²) in [6.45, 7) is 1.19. The fraction of sp³-hybridized carbons (Fsp3) is 0.438. The predicted octanol–water partition coefficient (Wildman–Crippen LogP) is 2.07. The molecule has 118 valence electrons. The number of nitrogens with one attached hydrogen (secondary N) is 1. The second-order valence-electron chi connectivity index (χ2n) is 5.20. The molecule has 1 atom stereocenters. The number of benzene rings is 1. The van der Waals surface area contributed by atoms with E-state index in [9.17, 15) is 14.3 Å². The number of hydrogen-bond acceptors (Lipinski definition) is 3. The molecule has 2 N–H and O–H groups in total. The Morgan fingerprint density at radius 1 is 1.59 bits per heavy atom. The minimum atomic E-state index is -0.469. The Morgan fingerprint density at radius 3 is 3.14 bits per heavy atom. The fourth-order valence-corrected chi connectivity index (χ4v) is 2.43. The quantitative estimate of drug-likeness (QED) is 0.837. The van der Waals surface area contributed by atoms with Crippen LogP contribution in [0, 0.1) is 24.1 Å². The van der Waals surface area contributed by atoms with Gasteiger partial charge in [0.1, 0.15) is 18.2 Å². The Kier molecular flexibility index (Phi) is 5.61. The number of rotatable bonds is 4. The number of ether oxygens (including phenoxy) is 1. The van der Waals surface area contributed by atoms with Crippen molar-refractivity contribution in [3.63, 3.8) is 0 Å². The van der Waals surface area contributed by atoms with E-state index in [-0.39, 0.29) is 30.9 Å². The zero-order valence-corrected chi connectivity index (χ0v) is 12.2. The predicted molar refractivity (Wildman–Crippen MR) is 81.1 cm³/mol. The van der Waals surface area contributed by atoms with E-state index >= 15 is 0 Å². The molecule has 0 aromatic heterocycles. The van der Waals surface area contributed by atoms with Crippen LogP contribution in [0.3, 0.4) is 0 Å². The summed E-state index contributed by atoms with van der Waals surface area (Å²) in [5.41, 5.74) is 0.368. The van der Waals surface area contributed by atoms with Gasteiger partial charge in [-0.1, -0.05) is 5.92 Å². The Bertz CT molecular complexity index is 571. The van der Waals surface area contributed by atoms with Gasteiger partial charge in [0, 0.05) is 25.8 Å². The number of carbonyl (C=O) groups is 1. The first-order chi connectivity index (χ1) is 10.6. The highest BCUT2D eigenvalue weighted by molar-refractivity contribution is 5.91. The SMILES string of the molecule is C#CCOc1cc(F)ccc1NC(=O)N1CCCC(CO)C1. The molecule has 0 radical (unpaired) electrons. The van der Waals surface area contributed by atoms with Crippen LogP contribution in [0.1, 0.15) is 12.8 Å². The van der Waals surface area contributed by atoms with Crippen LogP contribution >= 0.6 is 0 Å². The van der Waals surface area contributed by atoms with Crippen LogP contribution in [0.4, 0.5) is 14.9 Å². The first-order valence-corrected chi connectivity index (χ1v) is 7.16. The molecule has 1 aliphatic rings. The number of aliphatic hydroxyl groups excluding tert-OH is 1. The summed E-state index contributed by atoms with van der Waals surface area (Å²) in [6, 6.07) is 3.56. The normalized spacial score (nSPS) is 17.7. The maximum atomic E-state index is 13.3. The second kappa shape index (κ2) is 7.66. The topological polar surface area (TPSA) is 61.8 Å². The van der Waals surface area contributed by atoms with E-state index in [0.29, 0.717) is 18.8 Å². The molecule has 2 rings (SSSR count). The third-order valence-electron chi connectivity index (χ3n) is 3.56. The van der Waals surface area contributed by atoms with Gasteiger partial charge in [-0.3, -0.25) is 0 Å². The lowest BCUT2D eigenvalue weighted by Gasteiger charge is -2.32. The van der Waals surface area contributed by atoms with Gasteiger partial charge >= 0.3 is 6.03 Å². The van der Waals surface area contributed by atoms with Crippen molar-refractivity contribution >= 4 is 11.7 Å². The summed E-state index contributed by atoms with van der Waals surface area (Å²) in [5, 5.41) is 11.9. The summed E-state index contributed by atoms with van der Waals surface area (Å²) in [6.07, 6.45) is 6.89. The minimum Gasteiger partial charge on any atom is -0.479 e. The smallest absolute Gasteiger partial charge is 0.321 e. The Hall–Kier alpha value is -2.26. The summed E-state index contributed by atoms with van der Waals surface area (Å²) >= 11 is 0. The highest BCUT2D eigenvalue weighted by Crippen LogP contribution is 2.26. The molecule has 1 aromatic rings. The van der Waals surface area contributed by atoms with Gasteiger partial charge < -0.3 is 20.1 Å². The van der Waals surface area contributed by atoms with Crippen molar-refractivity contribution in [2.45, 2.75) is 12.8 Å². The van der Waals surface area contributed by atoms with Gasteiger partial charge in [0.05, 0.1) is 5.69 Å². The monoisotopic (exact) mass is 306 g/mol. The van der Waals surface area contributed by atoms with E-state index in [1.165, 1.54) is 18.2 Å². The van der Waals surface area contributed by atoms with Gasteiger partial charge in [0.25, 0.3) is 0 Å². The molecule has 1 heterocycles. The lowest BCUT2D eigenvalue weighted by Crippen LogP contribution is -2.43. The van der Waals surface area contributed by atoms with Gasteiger partial charge in [0.2, 0.25) is 0 Å². The van der Waals surface area contributed by atoms with E-state index in [4.69, 9.17) is 11.2 Å². The molecule has 1 fully saturated rings. The molecule has 1 aromatic carbocycles. The number of hydrogen-bond donors (Lipinski definition) is 2. The van der Waals surface area contributed by atoms with E-state index in [0.717, 1.165) is 12.8 Å². The van der Waals surface area contributed by atoms with Crippen molar-refractivity contribution in [3.8, 4) is 18.1 Å². The standard InChI is InChI=1S/C16H19FN2O3/c1-2-8-22-15-9-13(17)5-6-14(15)18-16(21)19-7-3-4-12(10-19)11-20/h1,5-6,9,12,20H,3-4,7-8,10-11H2,(H,18,21). The number of aliphatic hydroxyl groups is 1. The number of anilines is 1. The third kappa shape index (κ3) is 4.12. The van der Waals surface area contributed by atoms with Crippen LogP contribution in [-0.2, 0) is 0 Å². The van der Waals surface area contributed by atoms with Crippen molar-refractivity contribution in [1.82, 2.24) is 4.90 Å². The third-order valence-corrected chi connectivity index (χ3v) is 3.56. The number of piperidine rings is 1. The van der Waals surface area contributed by atoms with Crippen LogP contribution in [0.15, 0.2) is 18.2 Å². The molecular formula is C16H19FN2O3. The first kappa shape index (κ1) is 16.1. The van der Waals surface area contributed by atoms with Crippen LogP contribution < -0.4 is 10.1 Å². The molecule has 2 amide bonds. The molecule has 0 bridgehead atoms. The molecule has 22 heavy (non-hydrogen) atoms. The summed E-state index contributed by atoms with van der Waals surface area (Å²) in [4.78, 5) is 13.9. The van der Waals surface area contributed by atoms with Gasteiger partial charge in [0.15, 0.2) is 0 Å². The average Bonchev–Trinajstić information content (AvgIpc) is 2.55. The molecule has 1 unspecified atom stereocenters. The van der Waals surface area contributed by atoms with E-state index in [2.05, 4.69) is 11.2 Å². The van der Waals surface area contributed by atoms with Crippen molar-refractivity contribution in [2.24, 2.45) is 5.92 Å². The lowest BCUT2D eigenvalue weighted by molar-refractivity contribution is 0.136. The summed E-state index contributed by atoms with van der Waals surface area (Å²) < 4.78 is 18.5. The van der Waals surface area contributed by atoms with Crippen LogP contribution in [0.25, 0.3) is 0 Å². The largest absolute Gasteiger partial charge is 0.479 e. The molecule has 6 heteroatoms. The average molecular weight is 306 g/mol. The number of carbonyl (C=O) groups excluding carboxylic acids is 1. The van der Waals surface area contributed by atoms with E-state index < -0.39 is 5.82 Å². The number of nitrogens with zero attached hydrogens (tertiary/aromatic N) is 1. The second-order valence-corrected chi connectivity index (χ2v) is 5.20. The summed E-state index contributed by atoms with van der Waals surface area (Å²) in [5.74, 6) is 2.13. The molecule has 1 saturated heterocycles. The van der Waals surface area contributed by atoms with Crippen molar-refractivity contribution in [2.75, 3.05) is 31.6 Å². The Morgan fingerprint density at radius 2 is 2.41 bits per heavy atom. The van der Waals surface area contributed by atoms with Crippen LogP contribution in [0.5, 0.6) is 5.75 Å². The molecule has 0 aliphatic carbocycles. The van der Waals surface area contributed by atoms with Gasteiger partial charge in [-0.25, -0.2) is 9.18 Å². The first-order valence-electron chi connectivity index (χ1n) is 7.16. The zero-order chi connectivity index (χ0) is 15.9. The molecule has 0 spiro atoms. The van der Waals surface area contributed by atoms with Crippen molar-refractivity contribution < 1.29 is 19.0 Å². The van der Waals surface area contributed by atoms with Crippen LogP contribution in [0.2, 0.25) is 0 Å². The molecule has 1 aliphatic heterocycles. The minimum absolute atomic E-state index is 0.0113. The number of terminal acetylenes is 1. The maximum Gasteiger partial charge on any atom is 0.321 e. The highest BCUT2D eigenvalue weighted by atomic mass is 19.1.